The molecule has 7 nitrogen and oxygen atoms in total. The molecule has 0 atom stereocenters. The van der Waals surface area contributed by atoms with Crippen LogP contribution in [-0.4, -0.2) is 47.0 Å². The van der Waals surface area contributed by atoms with Gasteiger partial charge >= 0.3 is 223 Å². The van der Waals surface area contributed by atoms with Gasteiger partial charge in [-0.2, -0.15) is 0 Å². The summed E-state index contributed by atoms with van der Waals surface area (Å²) in [5.74, 6) is -0.454. The van der Waals surface area contributed by atoms with Crippen LogP contribution in [0.25, 0.3) is 5.70 Å². The number of aromatic nitrogens is 1. The molecule has 214 valence electrons. The quantitative estimate of drug-likeness (QED) is 0.0854. The number of alkyl halides is 4. The van der Waals surface area contributed by atoms with Crippen molar-refractivity contribution in [2.24, 2.45) is 10.4 Å². The van der Waals surface area contributed by atoms with E-state index in [1.54, 1.807) is 4.90 Å². The van der Waals surface area contributed by atoms with Crippen molar-refractivity contribution in [2.75, 3.05) is 28.3 Å². The molecular weight excluding hydrogens is 664 g/mol. The van der Waals surface area contributed by atoms with Gasteiger partial charge in [-0.3, -0.25) is 0 Å². The number of carbonyl (C=O) groups excluding carboxylic acids is 2. The molecule has 1 N–H and O–H groups in total. The molecule has 0 aliphatic carbocycles. The Morgan fingerprint density at radius 2 is 2.00 bits per heavy atom. The fourth-order valence-electron chi connectivity index (χ4n) is 4.03. The van der Waals surface area contributed by atoms with Crippen LogP contribution in [0.1, 0.15) is 47.3 Å². The zero-order chi connectivity index (χ0) is 28.6. The second-order valence-corrected chi connectivity index (χ2v) is 13.5. The number of thiazole rings is 1. The summed E-state index contributed by atoms with van der Waals surface area (Å²) in [6.45, 7) is 9.92. The van der Waals surface area contributed by atoms with Crippen molar-refractivity contribution in [3.63, 3.8) is 0 Å². The number of rotatable bonds is 13. The van der Waals surface area contributed by atoms with Gasteiger partial charge in [0.15, 0.2) is 0 Å². The van der Waals surface area contributed by atoms with Gasteiger partial charge in [0.05, 0.1) is 5.01 Å². The number of halogens is 4. The van der Waals surface area contributed by atoms with Gasteiger partial charge in [-0.1, -0.05) is 0 Å². The molecule has 13 heteroatoms. The summed E-state index contributed by atoms with van der Waals surface area (Å²) in [5, 5.41) is 5.62. The Bertz CT molecular complexity index is 1200. The summed E-state index contributed by atoms with van der Waals surface area (Å²) < 4.78 is 45.2. The Kier molecular flexibility index (Phi) is 11.2. The fraction of sp³-hybridized carbons (Fsp3) is 0.462. The molecule has 1 aromatic carbocycles. The molecule has 1 aromatic heterocycles. The van der Waals surface area contributed by atoms with Gasteiger partial charge in [-0.25, -0.2) is 4.98 Å². The molecule has 1 fully saturated rings. The number of amides is 1. The minimum atomic E-state index is -4.42. The predicted octanol–water partition coefficient (Wildman–Crippen LogP) is 6.44. The second kappa shape index (κ2) is 14.0. The van der Waals surface area contributed by atoms with Crippen LogP contribution in [0.15, 0.2) is 34.7 Å². The monoisotopic (exact) mass is 696 g/mol. The van der Waals surface area contributed by atoms with E-state index in [1.807, 2.05) is 19.3 Å². The Balaban J connectivity index is 1.65. The van der Waals surface area contributed by atoms with Crippen LogP contribution in [0.5, 0.6) is 0 Å². The third-order valence-corrected chi connectivity index (χ3v) is 10.0. The van der Waals surface area contributed by atoms with Gasteiger partial charge in [0.25, 0.3) is 0 Å². The third-order valence-electron chi connectivity index (χ3n) is 6.06. The number of carbonyl (C=O) groups is 2. The Morgan fingerprint density at radius 1 is 1.31 bits per heavy atom. The SMILES string of the molecule is C=N/C(=C\SCNC(=O)C1(CC(=O)O[IH]CCCC)CN(c2ccc(C(F)(F)F)cc2)C1)c1sc(C)nc1C. The number of hydrogen-bond donors (Lipinski definition) is 1. The van der Waals surface area contributed by atoms with E-state index >= 15 is 0 Å². The Labute approximate surface area is 245 Å². The first-order valence-corrected chi connectivity index (χ1v) is 16.7. The number of hydrogen-bond acceptors (Lipinski definition) is 8. The van der Waals surface area contributed by atoms with Gasteiger partial charge < -0.3 is 0 Å². The summed E-state index contributed by atoms with van der Waals surface area (Å²) in [6.07, 6.45) is -2.48. The standard InChI is InChI=1S/C26H32F3IN4O3S2/c1-5-6-11-30-37-22(35)12-25(14-34(15-25)20-9-7-19(8-10-20)26(27,28)29)24(36)32-16-38-13-21(31-4)23-17(2)33-18(3)39-23/h7-10,13,30H,4-6,11-12,14-16H2,1-3H3,(H,32,36)/b21-13-. The molecule has 39 heavy (non-hydrogen) atoms. The topological polar surface area (TPSA) is 83.9 Å². The van der Waals surface area contributed by atoms with Crippen molar-refractivity contribution >= 4 is 74.7 Å². The first-order valence-electron chi connectivity index (χ1n) is 12.2. The van der Waals surface area contributed by atoms with Crippen molar-refractivity contribution in [3.05, 3.63) is 50.8 Å². The van der Waals surface area contributed by atoms with Crippen molar-refractivity contribution in [3.8, 4) is 0 Å². The van der Waals surface area contributed by atoms with Crippen LogP contribution >= 0.6 is 44.7 Å². The van der Waals surface area contributed by atoms with Gasteiger partial charge in [0.1, 0.15) is 0 Å². The maximum absolute atomic E-state index is 13.3. The molecule has 0 radical (unpaired) electrons. The number of nitrogens with one attached hydrogen (secondary N) is 1. The maximum atomic E-state index is 13.3. The summed E-state index contributed by atoms with van der Waals surface area (Å²) in [4.78, 5) is 37.1. The van der Waals surface area contributed by atoms with E-state index < -0.39 is 44.7 Å². The van der Waals surface area contributed by atoms with E-state index in [-0.39, 0.29) is 31.3 Å². The fourth-order valence-corrected chi connectivity index (χ4v) is 7.59. The Morgan fingerprint density at radius 3 is 2.56 bits per heavy atom. The van der Waals surface area contributed by atoms with Crippen LogP contribution in [0, 0.1) is 19.3 Å². The van der Waals surface area contributed by atoms with Crippen molar-refractivity contribution in [1.82, 2.24) is 10.3 Å². The van der Waals surface area contributed by atoms with E-state index in [9.17, 15) is 22.8 Å². The molecule has 1 aliphatic rings. The van der Waals surface area contributed by atoms with Gasteiger partial charge in [-0.05, 0) is 13.8 Å². The number of nitrogens with zero attached hydrogens (tertiary/aromatic N) is 3. The predicted molar refractivity (Wildman–Crippen MR) is 162 cm³/mol. The number of thioether (sulfide) groups is 1. The summed E-state index contributed by atoms with van der Waals surface area (Å²) in [6, 6.07) is 4.80. The third kappa shape index (κ3) is 8.43. The van der Waals surface area contributed by atoms with E-state index in [2.05, 4.69) is 28.9 Å². The van der Waals surface area contributed by atoms with Crippen LogP contribution in [0.2, 0.25) is 0 Å². The van der Waals surface area contributed by atoms with E-state index in [1.165, 1.54) is 35.2 Å². The zero-order valence-corrected chi connectivity index (χ0v) is 25.9. The summed E-state index contributed by atoms with van der Waals surface area (Å²) in [7, 11) is 0. The smallest absolute Gasteiger partial charge is 0.246 e. The number of unbranched alkanes of at least 4 members (excludes halogenated alkanes) is 1. The van der Waals surface area contributed by atoms with Gasteiger partial charge in [0, 0.05) is 0 Å². The first kappa shape index (κ1) is 31.4. The molecule has 2 heterocycles. The van der Waals surface area contributed by atoms with Crippen LogP contribution in [0.4, 0.5) is 18.9 Å². The van der Waals surface area contributed by atoms with Gasteiger partial charge in [0.2, 0.25) is 0 Å². The first-order chi connectivity index (χ1) is 18.5. The molecule has 2 aromatic rings. The minimum absolute atomic E-state index is 0.0772. The molecular formula is C26H32F3IN4O3S2. The molecule has 0 unspecified atom stereocenters. The molecule has 1 aliphatic heterocycles. The van der Waals surface area contributed by atoms with Crippen molar-refractivity contribution in [1.29, 1.82) is 0 Å². The minimum Gasteiger partial charge on any atom is -0.246 e. The van der Waals surface area contributed by atoms with Crippen LogP contribution in [0.3, 0.4) is 0 Å². The molecule has 1 saturated heterocycles. The van der Waals surface area contributed by atoms with Gasteiger partial charge in [-0.15, -0.1) is 0 Å². The van der Waals surface area contributed by atoms with E-state index in [0.29, 0.717) is 11.4 Å². The average molecular weight is 697 g/mol. The van der Waals surface area contributed by atoms with Crippen LogP contribution < -0.4 is 10.2 Å². The molecule has 3 rings (SSSR count). The molecule has 1 amide bonds. The molecule has 0 saturated carbocycles. The van der Waals surface area contributed by atoms with Crippen LogP contribution in [-0.2, 0) is 18.8 Å². The number of aryl methyl sites for hydroxylation is 2. The van der Waals surface area contributed by atoms with Crippen molar-refractivity contribution < 1.29 is 25.8 Å². The van der Waals surface area contributed by atoms with E-state index in [4.69, 9.17) is 3.07 Å². The Hall–Kier alpha value is -2.13. The number of anilines is 1. The normalized spacial score (nSPS) is 15.1. The van der Waals surface area contributed by atoms with Crippen molar-refractivity contribution in [2.45, 2.75) is 46.2 Å². The number of benzene rings is 1. The zero-order valence-electron chi connectivity index (χ0n) is 22.0. The molecule has 0 spiro atoms. The van der Waals surface area contributed by atoms with E-state index in [0.717, 1.165) is 45.0 Å². The average Bonchev–Trinajstić information content (AvgIpc) is 3.20. The number of aliphatic imine (C=N–C) groups is 1. The summed E-state index contributed by atoms with van der Waals surface area (Å²) >= 11 is 1.94. The molecule has 0 bridgehead atoms. The second-order valence-electron chi connectivity index (χ2n) is 9.11. The summed E-state index contributed by atoms with van der Waals surface area (Å²) in [5.41, 5.74) is 0.332.